The van der Waals surface area contributed by atoms with Crippen LogP contribution < -0.4 is 5.32 Å². The molecule has 7 heteroatoms. The van der Waals surface area contributed by atoms with Crippen molar-refractivity contribution >= 4 is 18.0 Å². The fourth-order valence-corrected chi connectivity index (χ4v) is 6.26. The molecule has 0 saturated heterocycles. The Labute approximate surface area is 198 Å². The van der Waals surface area contributed by atoms with Crippen molar-refractivity contribution in [2.75, 3.05) is 13.2 Å². The quantitative estimate of drug-likeness (QED) is 0.656. The van der Waals surface area contributed by atoms with Gasteiger partial charge in [0.2, 0.25) is 5.91 Å². The molecule has 2 aromatic carbocycles. The first-order valence-electron chi connectivity index (χ1n) is 12.1. The molecule has 4 aliphatic carbocycles. The summed E-state index contributed by atoms with van der Waals surface area (Å²) in [6.45, 7) is 0.0244. The fraction of sp³-hybridized carbons (Fsp3) is 0.444. The molecular weight excluding hydrogens is 432 g/mol. The third-order valence-electron chi connectivity index (χ3n) is 8.06. The summed E-state index contributed by atoms with van der Waals surface area (Å²) in [5.74, 6) is -0.792. The molecule has 0 heterocycles. The van der Waals surface area contributed by atoms with Gasteiger partial charge in [-0.25, -0.2) is 4.79 Å². The summed E-state index contributed by atoms with van der Waals surface area (Å²) in [7, 11) is 0. The molecular formula is C27H28N2O5. The van der Waals surface area contributed by atoms with Gasteiger partial charge < -0.3 is 20.1 Å². The Bertz CT molecular complexity index is 1130. The number of alkyl carbamates (subject to hydrolysis) is 1. The van der Waals surface area contributed by atoms with Crippen molar-refractivity contribution in [3.63, 3.8) is 0 Å². The molecule has 0 unspecified atom stereocenters. The van der Waals surface area contributed by atoms with Gasteiger partial charge in [-0.3, -0.25) is 9.59 Å². The largest absolute Gasteiger partial charge is 0.480 e. The van der Waals surface area contributed by atoms with Crippen molar-refractivity contribution in [1.82, 2.24) is 10.2 Å². The number of aliphatic carboxylic acids is 1. The fourth-order valence-electron chi connectivity index (χ4n) is 6.26. The predicted molar refractivity (Wildman–Crippen MR) is 124 cm³/mol. The minimum Gasteiger partial charge on any atom is -0.480 e. The van der Waals surface area contributed by atoms with E-state index in [0.717, 1.165) is 25.7 Å². The third-order valence-corrected chi connectivity index (χ3v) is 8.06. The molecule has 3 fully saturated rings. The van der Waals surface area contributed by atoms with Gasteiger partial charge in [-0.05, 0) is 60.3 Å². The first-order chi connectivity index (χ1) is 16.5. The minimum absolute atomic E-state index is 0.00571. The van der Waals surface area contributed by atoms with E-state index in [-0.39, 0.29) is 43.0 Å². The molecule has 176 valence electrons. The average Bonchev–Trinajstić information content (AvgIpc) is 3.73. The molecule has 0 aliphatic heterocycles. The second-order valence-corrected chi connectivity index (χ2v) is 10.2. The van der Waals surface area contributed by atoms with Crippen molar-refractivity contribution < 1.29 is 24.2 Å². The molecule has 2 amide bonds. The highest BCUT2D eigenvalue weighted by Gasteiger charge is 2.66. The maximum absolute atomic E-state index is 13.2. The summed E-state index contributed by atoms with van der Waals surface area (Å²) in [6, 6.07) is 16.4. The number of carboxylic acid groups (broad SMARTS) is 1. The van der Waals surface area contributed by atoms with E-state index < -0.39 is 17.5 Å². The molecule has 0 bridgehead atoms. The molecule has 7 nitrogen and oxygen atoms in total. The van der Waals surface area contributed by atoms with Gasteiger partial charge >= 0.3 is 12.1 Å². The van der Waals surface area contributed by atoms with E-state index in [2.05, 4.69) is 29.6 Å². The SMILES string of the molecule is O=C(O)CN(C(=O)[C@]12C[C@H](NC(=O)OCC3c4ccccc4-c4ccccc43)C[C@H]1C2)C1CC1. The van der Waals surface area contributed by atoms with Gasteiger partial charge in [-0.1, -0.05) is 48.5 Å². The number of carbonyl (C=O) groups is 3. The van der Waals surface area contributed by atoms with Gasteiger partial charge in [-0.15, -0.1) is 0 Å². The smallest absolute Gasteiger partial charge is 0.407 e. The normalized spacial score (nSPS) is 26.2. The van der Waals surface area contributed by atoms with Crippen LogP contribution in [0.4, 0.5) is 4.79 Å². The van der Waals surface area contributed by atoms with Crippen LogP contribution in [0.1, 0.15) is 49.1 Å². The Morgan fingerprint density at radius 3 is 2.26 bits per heavy atom. The van der Waals surface area contributed by atoms with Crippen LogP contribution in [-0.4, -0.2) is 53.2 Å². The Kier molecular flexibility index (Phi) is 4.90. The number of carboxylic acids is 1. The maximum Gasteiger partial charge on any atom is 0.407 e. The third kappa shape index (κ3) is 3.54. The number of rotatable bonds is 7. The Morgan fingerprint density at radius 1 is 1.00 bits per heavy atom. The lowest BCUT2D eigenvalue weighted by Gasteiger charge is -2.26. The predicted octanol–water partition coefficient (Wildman–Crippen LogP) is 3.77. The Hall–Kier alpha value is -3.35. The van der Waals surface area contributed by atoms with Crippen LogP contribution in [-0.2, 0) is 14.3 Å². The van der Waals surface area contributed by atoms with E-state index in [1.54, 1.807) is 4.90 Å². The van der Waals surface area contributed by atoms with E-state index in [0.29, 0.717) is 6.42 Å². The number of benzene rings is 2. The van der Waals surface area contributed by atoms with Gasteiger partial charge in [-0.2, -0.15) is 0 Å². The van der Waals surface area contributed by atoms with Crippen molar-refractivity contribution in [2.24, 2.45) is 11.3 Å². The van der Waals surface area contributed by atoms with Crippen LogP contribution in [0.3, 0.4) is 0 Å². The standard InChI is InChI=1S/C27H28N2O5/c30-24(31)14-29(18-9-10-18)25(32)27-12-16(27)11-17(13-27)28-26(33)34-15-23-21-7-3-1-5-19(21)20-6-2-4-8-22(20)23/h1-8,16-18,23H,9-15H2,(H,28,33)(H,30,31)/t16-,17+,27+/m0/s1. The van der Waals surface area contributed by atoms with Gasteiger partial charge in [0.15, 0.2) is 0 Å². The summed E-state index contributed by atoms with van der Waals surface area (Å²) < 4.78 is 5.67. The van der Waals surface area contributed by atoms with Crippen LogP contribution in [0.5, 0.6) is 0 Å². The van der Waals surface area contributed by atoms with Crippen molar-refractivity contribution in [3.05, 3.63) is 59.7 Å². The molecule has 0 radical (unpaired) electrons. The number of carbonyl (C=O) groups excluding carboxylic acids is 2. The van der Waals surface area contributed by atoms with Crippen LogP contribution in [0.2, 0.25) is 0 Å². The molecule has 2 N–H and O–H groups in total. The number of hydrogen-bond donors (Lipinski definition) is 2. The molecule has 0 aromatic heterocycles. The summed E-state index contributed by atoms with van der Waals surface area (Å²) >= 11 is 0. The van der Waals surface area contributed by atoms with Crippen LogP contribution in [0, 0.1) is 11.3 Å². The molecule has 2 aromatic rings. The second-order valence-electron chi connectivity index (χ2n) is 10.2. The van der Waals surface area contributed by atoms with E-state index in [4.69, 9.17) is 4.74 Å². The molecule has 6 rings (SSSR count). The zero-order valence-corrected chi connectivity index (χ0v) is 18.9. The highest BCUT2D eigenvalue weighted by Crippen LogP contribution is 2.64. The first-order valence-corrected chi connectivity index (χ1v) is 12.1. The lowest BCUT2D eigenvalue weighted by molar-refractivity contribution is -0.147. The molecule has 3 atom stereocenters. The van der Waals surface area contributed by atoms with Gasteiger partial charge in [0, 0.05) is 18.0 Å². The Balaban J connectivity index is 1.07. The number of fused-ring (bicyclic) bond motifs is 4. The number of amides is 2. The zero-order valence-electron chi connectivity index (χ0n) is 18.9. The summed E-state index contributed by atoms with van der Waals surface area (Å²) in [6.07, 6.45) is 3.38. The maximum atomic E-state index is 13.2. The second kappa shape index (κ2) is 7.86. The molecule has 0 spiro atoms. The van der Waals surface area contributed by atoms with Crippen molar-refractivity contribution in [1.29, 1.82) is 0 Å². The zero-order chi connectivity index (χ0) is 23.4. The van der Waals surface area contributed by atoms with Crippen LogP contribution in [0.25, 0.3) is 11.1 Å². The van der Waals surface area contributed by atoms with Gasteiger partial charge in [0.05, 0.1) is 5.41 Å². The Morgan fingerprint density at radius 2 is 1.65 bits per heavy atom. The van der Waals surface area contributed by atoms with Crippen molar-refractivity contribution in [3.8, 4) is 11.1 Å². The van der Waals surface area contributed by atoms with Gasteiger partial charge in [0.1, 0.15) is 13.2 Å². The number of ether oxygens (including phenoxy) is 1. The summed E-state index contributed by atoms with van der Waals surface area (Å²) in [5.41, 5.74) is 4.21. The van der Waals surface area contributed by atoms with E-state index >= 15 is 0 Å². The number of nitrogens with zero attached hydrogens (tertiary/aromatic N) is 1. The van der Waals surface area contributed by atoms with E-state index in [1.165, 1.54) is 22.3 Å². The lowest BCUT2D eigenvalue weighted by Crippen LogP contribution is -2.43. The highest BCUT2D eigenvalue weighted by molar-refractivity contribution is 5.90. The van der Waals surface area contributed by atoms with Crippen LogP contribution in [0.15, 0.2) is 48.5 Å². The molecule has 3 saturated carbocycles. The monoisotopic (exact) mass is 460 g/mol. The highest BCUT2D eigenvalue weighted by atomic mass is 16.5. The molecule has 34 heavy (non-hydrogen) atoms. The van der Waals surface area contributed by atoms with E-state index in [1.807, 2.05) is 24.3 Å². The van der Waals surface area contributed by atoms with Crippen LogP contribution >= 0.6 is 0 Å². The topological polar surface area (TPSA) is 95.9 Å². The minimum atomic E-state index is -0.972. The average molecular weight is 461 g/mol. The van der Waals surface area contributed by atoms with Gasteiger partial charge in [0.25, 0.3) is 0 Å². The summed E-state index contributed by atoms with van der Waals surface area (Å²) in [4.78, 5) is 38.7. The number of nitrogens with one attached hydrogen (secondary N) is 1. The van der Waals surface area contributed by atoms with Crippen molar-refractivity contribution in [2.45, 2.75) is 50.1 Å². The number of hydrogen-bond acceptors (Lipinski definition) is 4. The lowest BCUT2D eigenvalue weighted by atomic mass is 9.98. The molecule has 4 aliphatic rings. The van der Waals surface area contributed by atoms with E-state index in [9.17, 15) is 19.5 Å². The summed E-state index contributed by atoms with van der Waals surface area (Å²) in [5, 5.41) is 12.2. The first kappa shape index (κ1) is 21.2.